The molecule has 0 atom stereocenters. The second kappa shape index (κ2) is 5.37. The monoisotopic (exact) mass is 287 g/mol. The van der Waals surface area contributed by atoms with E-state index in [-0.39, 0.29) is 0 Å². The van der Waals surface area contributed by atoms with Crippen LogP contribution < -0.4 is 14.8 Å². The second-order valence-electron chi connectivity index (χ2n) is 5.34. The van der Waals surface area contributed by atoms with Crippen LogP contribution in [0, 0.1) is 0 Å². The summed E-state index contributed by atoms with van der Waals surface area (Å²) in [5.74, 6) is 3.24. The van der Waals surface area contributed by atoms with Crippen LogP contribution in [0.15, 0.2) is 22.7 Å². The fourth-order valence-corrected chi connectivity index (χ4v) is 2.77. The van der Waals surface area contributed by atoms with Crippen LogP contribution in [0.1, 0.15) is 24.6 Å². The zero-order chi connectivity index (χ0) is 14.1. The number of fused-ring (bicyclic) bond motifs is 1. The van der Waals surface area contributed by atoms with Crippen molar-refractivity contribution in [2.75, 3.05) is 26.3 Å². The van der Waals surface area contributed by atoms with E-state index < -0.39 is 0 Å². The average Bonchev–Trinajstić information content (AvgIpc) is 3.05. The smallest absolute Gasteiger partial charge is 0.258 e. The van der Waals surface area contributed by atoms with Gasteiger partial charge in [-0.25, -0.2) is 0 Å². The molecule has 1 fully saturated rings. The molecule has 21 heavy (non-hydrogen) atoms. The van der Waals surface area contributed by atoms with Gasteiger partial charge < -0.3 is 19.3 Å². The van der Waals surface area contributed by atoms with E-state index in [1.54, 1.807) is 0 Å². The molecule has 0 aliphatic carbocycles. The Kier molecular flexibility index (Phi) is 3.23. The predicted molar refractivity (Wildman–Crippen MR) is 75.6 cm³/mol. The topological polar surface area (TPSA) is 69.4 Å². The molecule has 6 nitrogen and oxygen atoms in total. The lowest BCUT2D eigenvalue weighted by atomic mass is 9.98. The van der Waals surface area contributed by atoms with Gasteiger partial charge in [-0.15, -0.1) is 0 Å². The normalized spacial score (nSPS) is 18.7. The van der Waals surface area contributed by atoms with E-state index in [1.165, 1.54) is 0 Å². The van der Waals surface area contributed by atoms with Crippen LogP contribution in [-0.2, 0) is 0 Å². The number of aromatic nitrogens is 2. The lowest BCUT2D eigenvalue weighted by Gasteiger charge is -2.19. The van der Waals surface area contributed by atoms with Crippen molar-refractivity contribution in [1.29, 1.82) is 0 Å². The third-order valence-electron chi connectivity index (χ3n) is 3.94. The summed E-state index contributed by atoms with van der Waals surface area (Å²) in [7, 11) is 0. The highest BCUT2D eigenvalue weighted by molar-refractivity contribution is 5.60. The fraction of sp³-hybridized carbons (Fsp3) is 0.467. The first kappa shape index (κ1) is 12.6. The highest BCUT2D eigenvalue weighted by Gasteiger charge is 2.22. The standard InChI is InChI=1S/C15H17N3O3/c1-2-12-13(20-8-7-19-12)9-11(1)15-17-14(18-21-15)10-3-5-16-6-4-10/h1-2,9-10,16H,3-8H2. The highest BCUT2D eigenvalue weighted by atomic mass is 16.6. The molecule has 0 amide bonds. The van der Waals surface area contributed by atoms with Gasteiger partial charge in [0.15, 0.2) is 17.3 Å². The summed E-state index contributed by atoms with van der Waals surface area (Å²) in [6.45, 7) is 3.19. The van der Waals surface area contributed by atoms with Gasteiger partial charge in [-0.1, -0.05) is 5.16 Å². The van der Waals surface area contributed by atoms with Gasteiger partial charge in [-0.3, -0.25) is 0 Å². The molecule has 0 radical (unpaired) electrons. The zero-order valence-electron chi connectivity index (χ0n) is 11.7. The van der Waals surface area contributed by atoms with Crippen molar-refractivity contribution in [1.82, 2.24) is 15.5 Å². The molecule has 2 aliphatic rings. The van der Waals surface area contributed by atoms with Crippen LogP contribution >= 0.6 is 0 Å². The summed E-state index contributed by atoms with van der Waals surface area (Å²) >= 11 is 0. The number of benzene rings is 1. The lowest BCUT2D eigenvalue weighted by Crippen LogP contribution is -2.27. The maximum atomic E-state index is 5.59. The van der Waals surface area contributed by atoms with E-state index >= 15 is 0 Å². The van der Waals surface area contributed by atoms with Crippen LogP contribution in [-0.4, -0.2) is 36.4 Å². The first-order valence-electron chi connectivity index (χ1n) is 7.34. The number of hydrogen-bond acceptors (Lipinski definition) is 6. The Morgan fingerprint density at radius 3 is 2.71 bits per heavy atom. The van der Waals surface area contributed by atoms with Crippen LogP contribution in [0.2, 0.25) is 0 Å². The Labute approximate surface area is 122 Å². The summed E-state index contributed by atoms with van der Waals surface area (Å²) in [5.41, 5.74) is 0.868. The van der Waals surface area contributed by atoms with Gasteiger partial charge >= 0.3 is 0 Å². The van der Waals surface area contributed by atoms with E-state index in [4.69, 9.17) is 14.0 Å². The Balaban J connectivity index is 1.60. The van der Waals surface area contributed by atoms with Crippen molar-refractivity contribution >= 4 is 0 Å². The van der Waals surface area contributed by atoms with E-state index in [1.807, 2.05) is 18.2 Å². The summed E-state index contributed by atoms with van der Waals surface area (Å²) in [4.78, 5) is 4.55. The number of nitrogens with zero attached hydrogens (tertiary/aromatic N) is 2. The molecule has 0 spiro atoms. The predicted octanol–water partition coefficient (Wildman–Crippen LogP) is 1.97. The van der Waals surface area contributed by atoms with Crippen molar-refractivity contribution < 1.29 is 14.0 Å². The minimum atomic E-state index is 0.390. The van der Waals surface area contributed by atoms with Crippen LogP contribution in [0.4, 0.5) is 0 Å². The summed E-state index contributed by atoms with van der Waals surface area (Å²) in [5, 5.41) is 7.48. The number of piperidine rings is 1. The number of nitrogens with one attached hydrogen (secondary N) is 1. The SMILES string of the molecule is c1cc2c(cc1-c1nc(C3CCNCC3)no1)OCCO2. The maximum Gasteiger partial charge on any atom is 0.258 e. The van der Waals surface area contributed by atoms with Crippen LogP contribution in [0.5, 0.6) is 11.5 Å². The van der Waals surface area contributed by atoms with Gasteiger partial charge in [0.05, 0.1) is 0 Å². The Morgan fingerprint density at radius 1 is 1.05 bits per heavy atom. The molecule has 0 unspecified atom stereocenters. The molecule has 1 aromatic heterocycles. The number of rotatable bonds is 2. The van der Waals surface area contributed by atoms with Crippen LogP contribution in [0.3, 0.4) is 0 Å². The minimum Gasteiger partial charge on any atom is -0.486 e. The van der Waals surface area contributed by atoms with Gasteiger partial charge in [0.1, 0.15) is 13.2 Å². The number of hydrogen-bond donors (Lipinski definition) is 1. The van der Waals surface area contributed by atoms with Gasteiger partial charge in [-0.2, -0.15) is 4.98 Å². The molecule has 2 aliphatic heterocycles. The lowest BCUT2D eigenvalue weighted by molar-refractivity contribution is 0.171. The van der Waals surface area contributed by atoms with Crippen molar-refractivity contribution in [3.05, 3.63) is 24.0 Å². The average molecular weight is 287 g/mol. The van der Waals surface area contributed by atoms with Crippen molar-refractivity contribution in [2.24, 2.45) is 0 Å². The third-order valence-corrected chi connectivity index (χ3v) is 3.94. The van der Waals surface area contributed by atoms with E-state index in [9.17, 15) is 0 Å². The van der Waals surface area contributed by atoms with E-state index in [2.05, 4.69) is 15.5 Å². The molecule has 6 heteroatoms. The molecular weight excluding hydrogens is 270 g/mol. The largest absolute Gasteiger partial charge is 0.486 e. The van der Waals surface area contributed by atoms with Crippen molar-refractivity contribution in [3.8, 4) is 23.0 Å². The second-order valence-corrected chi connectivity index (χ2v) is 5.34. The summed E-state index contributed by atoms with van der Waals surface area (Å²) < 4.78 is 16.5. The molecular formula is C15H17N3O3. The third kappa shape index (κ3) is 2.47. The summed E-state index contributed by atoms with van der Waals surface area (Å²) in [6, 6.07) is 5.71. The molecule has 1 N–H and O–H groups in total. The van der Waals surface area contributed by atoms with Gasteiger partial charge in [0.25, 0.3) is 5.89 Å². The number of ether oxygens (including phenoxy) is 2. The molecule has 4 rings (SSSR count). The first-order valence-corrected chi connectivity index (χ1v) is 7.34. The first-order chi connectivity index (χ1) is 10.4. The molecule has 1 saturated heterocycles. The molecule has 0 saturated carbocycles. The zero-order valence-corrected chi connectivity index (χ0v) is 11.7. The van der Waals surface area contributed by atoms with E-state index in [0.29, 0.717) is 25.0 Å². The maximum absolute atomic E-state index is 5.59. The molecule has 3 heterocycles. The Hall–Kier alpha value is -2.08. The van der Waals surface area contributed by atoms with Gasteiger partial charge in [-0.05, 0) is 44.1 Å². The Bertz CT molecular complexity index is 635. The minimum absolute atomic E-state index is 0.390. The molecule has 110 valence electrons. The molecule has 1 aromatic carbocycles. The molecule has 2 aromatic rings. The Morgan fingerprint density at radius 2 is 1.86 bits per heavy atom. The van der Waals surface area contributed by atoms with E-state index in [0.717, 1.165) is 48.8 Å². The highest BCUT2D eigenvalue weighted by Crippen LogP contribution is 2.34. The van der Waals surface area contributed by atoms with Crippen LogP contribution in [0.25, 0.3) is 11.5 Å². The summed E-state index contributed by atoms with van der Waals surface area (Å²) in [6.07, 6.45) is 2.11. The van der Waals surface area contributed by atoms with Gasteiger partial charge in [0, 0.05) is 11.5 Å². The molecule has 0 bridgehead atoms. The quantitative estimate of drug-likeness (QED) is 0.910. The van der Waals surface area contributed by atoms with Gasteiger partial charge in [0.2, 0.25) is 0 Å². The fourth-order valence-electron chi connectivity index (χ4n) is 2.77. The van der Waals surface area contributed by atoms with Crippen molar-refractivity contribution in [2.45, 2.75) is 18.8 Å². The van der Waals surface area contributed by atoms with Crippen molar-refractivity contribution in [3.63, 3.8) is 0 Å².